The molecule has 10 nitrogen and oxygen atoms in total. The summed E-state index contributed by atoms with van der Waals surface area (Å²) < 4.78 is 58.0. The second-order valence-corrected chi connectivity index (χ2v) is 10.5. The molecule has 0 fully saturated rings. The van der Waals surface area contributed by atoms with Crippen LogP contribution in [0.15, 0.2) is 75.3 Å². The first-order valence-electron chi connectivity index (χ1n) is 8.74. The second-order valence-electron chi connectivity index (χ2n) is 6.53. The summed E-state index contributed by atoms with van der Waals surface area (Å²) in [5, 5.41) is 13.3. The minimum Gasteiger partial charge on any atom is -0.358 e. The lowest BCUT2D eigenvalue weighted by Gasteiger charge is -2.17. The predicted molar refractivity (Wildman–Crippen MR) is 106 cm³/mol. The minimum atomic E-state index is -4.52. The van der Waals surface area contributed by atoms with E-state index in [4.69, 9.17) is 0 Å². The summed E-state index contributed by atoms with van der Waals surface area (Å²) in [6.45, 7) is -0.123. The number of benzene rings is 2. The Hall–Kier alpha value is -2.80. The van der Waals surface area contributed by atoms with E-state index in [9.17, 15) is 22.0 Å². The zero-order valence-corrected chi connectivity index (χ0v) is 17.9. The zero-order valence-electron chi connectivity index (χ0n) is 16.2. The van der Waals surface area contributed by atoms with E-state index in [1.54, 1.807) is 60.7 Å². The van der Waals surface area contributed by atoms with Crippen LogP contribution in [0.25, 0.3) is 0 Å². The van der Waals surface area contributed by atoms with Gasteiger partial charge in [0, 0.05) is 27.2 Å². The highest BCUT2D eigenvalue weighted by atomic mass is 32.2. The van der Waals surface area contributed by atoms with Gasteiger partial charge in [-0.25, -0.2) is 16.8 Å². The predicted octanol–water partition coefficient (Wildman–Crippen LogP) is 0.949. The molecule has 3 aromatic rings. The standard InChI is InChI=1S/C18H20N4O6S2/c1-20(13-15-9-5-3-6-10-15)29(24,25)17-18(22(23)28-19-17)30(26,27)21(2)14-16-11-7-4-8-12-16/h3-12H,13-14H2,1-2H3. The van der Waals surface area contributed by atoms with E-state index in [-0.39, 0.29) is 13.1 Å². The van der Waals surface area contributed by atoms with Gasteiger partial charge in [0.1, 0.15) is 0 Å². The first-order chi connectivity index (χ1) is 14.1. The summed E-state index contributed by atoms with van der Waals surface area (Å²) >= 11 is 0. The Morgan fingerprint density at radius 2 is 1.27 bits per heavy atom. The average Bonchev–Trinajstić information content (AvgIpc) is 3.12. The fourth-order valence-electron chi connectivity index (χ4n) is 2.74. The topological polar surface area (TPSA) is 128 Å². The van der Waals surface area contributed by atoms with Crippen molar-refractivity contribution in [1.82, 2.24) is 13.8 Å². The van der Waals surface area contributed by atoms with Crippen molar-refractivity contribution in [2.45, 2.75) is 23.1 Å². The van der Waals surface area contributed by atoms with Gasteiger partial charge in [-0.05, 0) is 16.0 Å². The maximum Gasteiger partial charge on any atom is 0.367 e. The maximum absolute atomic E-state index is 13.0. The van der Waals surface area contributed by atoms with Crippen LogP contribution in [0.1, 0.15) is 11.1 Å². The molecule has 0 radical (unpaired) electrons. The fraction of sp³-hybridized carbons (Fsp3) is 0.222. The van der Waals surface area contributed by atoms with Gasteiger partial charge in [0.15, 0.2) is 0 Å². The summed E-state index contributed by atoms with van der Waals surface area (Å²) in [5.41, 5.74) is 1.33. The lowest BCUT2D eigenvalue weighted by Crippen LogP contribution is -2.39. The van der Waals surface area contributed by atoms with Crippen molar-refractivity contribution in [2.24, 2.45) is 0 Å². The quantitative estimate of drug-likeness (QED) is 0.466. The Morgan fingerprint density at radius 3 is 1.73 bits per heavy atom. The van der Waals surface area contributed by atoms with Crippen LogP contribution >= 0.6 is 0 Å². The summed E-state index contributed by atoms with van der Waals surface area (Å²) in [4.78, 5) is -0.403. The van der Waals surface area contributed by atoms with Crippen molar-refractivity contribution >= 4 is 20.0 Å². The highest BCUT2D eigenvalue weighted by Gasteiger charge is 2.44. The number of hydrogen-bond acceptors (Lipinski definition) is 7. The molecule has 1 aromatic heterocycles. The fourth-order valence-corrected chi connectivity index (χ4v) is 5.50. The molecule has 0 bridgehead atoms. The Morgan fingerprint density at radius 1 is 0.833 bits per heavy atom. The number of rotatable bonds is 8. The molecule has 0 N–H and O–H groups in total. The summed E-state index contributed by atoms with van der Waals surface area (Å²) in [7, 11) is -6.46. The van der Waals surface area contributed by atoms with E-state index in [0.717, 1.165) is 8.61 Å². The Bertz CT molecular complexity index is 1210. The van der Waals surface area contributed by atoms with Gasteiger partial charge in [-0.15, -0.1) is 0 Å². The van der Waals surface area contributed by atoms with E-state index < -0.39 is 35.0 Å². The van der Waals surface area contributed by atoms with E-state index in [2.05, 4.69) is 9.79 Å². The van der Waals surface area contributed by atoms with E-state index in [1.807, 2.05) is 0 Å². The molecule has 12 heteroatoms. The lowest BCUT2D eigenvalue weighted by atomic mass is 10.2. The Balaban J connectivity index is 1.95. The SMILES string of the molecule is CN(Cc1ccccc1)S(=O)(=O)c1no[n+]([O-])c1S(=O)(=O)N(C)Cc1ccccc1. The third kappa shape index (κ3) is 4.36. The number of nitrogens with zero attached hydrogens (tertiary/aromatic N) is 4. The van der Waals surface area contributed by atoms with Crippen LogP contribution in [0, 0.1) is 5.21 Å². The summed E-state index contributed by atoms with van der Waals surface area (Å²) in [6.07, 6.45) is 0. The smallest absolute Gasteiger partial charge is 0.358 e. The van der Waals surface area contributed by atoms with Crippen molar-refractivity contribution in [3.63, 3.8) is 0 Å². The molecule has 3 rings (SSSR count). The van der Waals surface area contributed by atoms with Crippen molar-refractivity contribution in [2.75, 3.05) is 14.1 Å². The van der Waals surface area contributed by atoms with Crippen molar-refractivity contribution in [1.29, 1.82) is 0 Å². The van der Waals surface area contributed by atoms with Crippen LogP contribution in [0.2, 0.25) is 0 Å². The zero-order chi connectivity index (χ0) is 21.9. The number of aromatic nitrogens is 2. The van der Waals surface area contributed by atoms with Gasteiger partial charge in [-0.1, -0.05) is 60.7 Å². The van der Waals surface area contributed by atoms with Gasteiger partial charge < -0.3 is 5.21 Å². The Labute approximate surface area is 174 Å². The lowest BCUT2D eigenvalue weighted by molar-refractivity contribution is -0.832. The molecule has 0 aliphatic heterocycles. The van der Waals surface area contributed by atoms with Gasteiger partial charge in [-0.2, -0.15) is 8.61 Å². The number of hydrogen-bond donors (Lipinski definition) is 0. The van der Waals surface area contributed by atoms with Crippen molar-refractivity contribution < 1.29 is 26.4 Å². The highest BCUT2D eigenvalue weighted by molar-refractivity contribution is 7.92. The van der Waals surface area contributed by atoms with Gasteiger partial charge >= 0.3 is 10.1 Å². The normalized spacial score (nSPS) is 12.5. The molecular formula is C18H20N4O6S2. The van der Waals surface area contributed by atoms with Crippen LogP contribution < -0.4 is 4.90 Å². The maximum atomic E-state index is 13.0. The third-order valence-corrected chi connectivity index (χ3v) is 7.97. The molecule has 160 valence electrons. The van der Waals surface area contributed by atoms with Crippen molar-refractivity contribution in [3.05, 3.63) is 77.0 Å². The van der Waals surface area contributed by atoms with Crippen LogP contribution in [0.3, 0.4) is 0 Å². The van der Waals surface area contributed by atoms with E-state index in [0.29, 0.717) is 11.1 Å². The molecule has 0 saturated heterocycles. The second kappa shape index (κ2) is 8.52. The van der Waals surface area contributed by atoms with Crippen molar-refractivity contribution in [3.8, 4) is 0 Å². The molecule has 0 unspecified atom stereocenters. The molecular weight excluding hydrogens is 432 g/mol. The van der Waals surface area contributed by atoms with Crippen LogP contribution in [-0.2, 0) is 33.1 Å². The molecule has 0 atom stereocenters. The summed E-state index contributed by atoms with van der Waals surface area (Å²) in [6, 6.07) is 17.3. The first-order valence-corrected chi connectivity index (χ1v) is 11.6. The molecule has 2 aromatic carbocycles. The largest absolute Gasteiger partial charge is 0.367 e. The molecule has 0 amide bonds. The Kier molecular flexibility index (Phi) is 6.22. The molecule has 0 spiro atoms. The van der Waals surface area contributed by atoms with Crippen LogP contribution in [-0.4, -0.2) is 44.7 Å². The minimum absolute atomic E-state index is 0.0474. The van der Waals surface area contributed by atoms with Gasteiger partial charge in [0.2, 0.25) is 0 Å². The average molecular weight is 453 g/mol. The van der Waals surface area contributed by atoms with E-state index >= 15 is 0 Å². The number of sulfonamides is 2. The van der Waals surface area contributed by atoms with Crippen LogP contribution in [0.5, 0.6) is 0 Å². The van der Waals surface area contributed by atoms with E-state index in [1.165, 1.54) is 14.1 Å². The molecule has 30 heavy (non-hydrogen) atoms. The van der Waals surface area contributed by atoms with Gasteiger partial charge in [0.05, 0.1) is 5.16 Å². The third-order valence-electron chi connectivity index (χ3n) is 4.35. The molecule has 0 aliphatic rings. The summed E-state index contributed by atoms with van der Waals surface area (Å²) in [5.74, 6) is 0. The van der Waals surface area contributed by atoms with Crippen LogP contribution in [0.4, 0.5) is 0 Å². The molecule has 0 saturated carbocycles. The first kappa shape index (κ1) is 21.9. The van der Waals surface area contributed by atoms with Gasteiger partial charge in [-0.3, -0.25) is 4.63 Å². The molecule has 1 heterocycles. The highest BCUT2D eigenvalue weighted by Crippen LogP contribution is 2.23. The molecule has 0 aliphatic carbocycles. The monoisotopic (exact) mass is 452 g/mol. The van der Waals surface area contributed by atoms with Gasteiger partial charge in [0.25, 0.3) is 20.0 Å².